The summed E-state index contributed by atoms with van der Waals surface area (Å²) in [6.45, 7) is 0.729. The summed E-state index contributed by atoms with van der Waals surface area (Å²) < 4.78 is 36.9. The van der Waals surface area contributed by atoms with E-state index < -0.39 is 17.9 Å². The van der Waals surface area contributed by atoms with E-state index in [1.54, 1.807) is 6.07 Å². The Kier molecular flexibility index (Phi) is 3.06. The summed E-state index contributed by atoms with van der Waals surface area (Å²) >= 11 is 0. The van der Waals surface area contributed by atoms with Gasteiger partial charge in [-0.3, -0.25) is 0 Å². The second-order valence-electron chi connectivity index (χ2n) is 3.36. The van der Waals surface area contributed by atoms with Gasteiger partial charge in [-0.05, 0) is 6.92 Å². The number of aliphatic hydroxyl groups is 2. The Hall–Kier alpha value is -1.07. The van der Waals surface area contributed by atoms with E-state index in [0.717, 1.165) is 6.92 Å². The first kappa shape index (κ1) is 12.0. The van der Waals surface area contributed by atoms with Crippen molar-refractivity contribution in [2.24, 2.45) is 5.92 Å². The van der Waals surface area contributed by atoms with Gasteiger partial charge in [0.1, 0.15) is 5.92 Å². The van der Waals surface area contributed by atoms with Crippen LogP contribution in [0.3, 0.4) is 0 Å². The maximum Gasteiger partial charge on any atom is 0.397 e. The van der Waals surface area contributed by atoms with Gasteiger partial charge in [-0.1, -0.05) is 30.3 Å². The van der Waals surface area contributed by atoms with Crippen LogP contribution in [0.4, 0.5) is 13.2 Å². The van der Waals surface area contributed by atoms with Crippen LogP contribution in [0.1, 0.15) is 12.5 Å². The van der Waals surface area contributed by atoms with E-state index in [9.17, 15) is 23.4 Å². The van der Waals surface area contributed by atoms with E-state index in [1.807, 2.05) is 0 Å². The fraction of sp³-hybridized carbons (Fsp3) is 0.400. The van der Waals surface area contributed by atoms with Crippen LogP contribution in [-0.2, 0) is 5.79 Å². The number of benzene rings is 1. The van der Waals surface area contributed by atoms with Gasteiger partial charge in [-0.15, -0.1) is 0 Å². The molecule has 5 heteroatoms. The van der Waals surface area contributed by atoms with Gasteiger partial charge in [0.15, 0.2) is 0 Å². The van der Waals surface area contributed by atoms with E-state index in [0.29, 0.717) is 0 Å². The molecule has 0 fully saturated rings. The van der Waals surface area contributed by atoms with Crippen LogP contribution < -0.4 is 0 Å². The number of hydrogen-bond donors (Lipinski definition) is 2. The SMILES string of the molecule is CC(C(F)(F)F)C(O)(O)c1ccccc1. The lowest BCUT2D eigenvalue weighted by atomic mass is 9.93. The summed E-state index contributed by atoms with van der Waals surface area (Å²) in [5, 5.41) is 18.9. The molecule has 2 nitrogen and oxygen atoms in total. The second-order valence-corrected chi connectivity index (χ2v) is 3.36. The first-order valence-corrected chi connectivity index (χ1v) is 4.33. The number of halogens is 3. The monoisotopic (exact) mass is 220 g/mol. The predicted octanol–water partition coefficient (Wildman–Crippen LogP) is 2.02. The van der Waals surface area contributed by atoms with Crippen molar-refractivity contribution in [3.63, 3.8) is 0 Å². The molecule has 1 atom stereocenters. The average Bonchev–Trinajstić information content (AvgIpc) is 2.16. The number of alkyl halides is 3. The molecule has 0 heterocycles. The highest BCUT2D eigenvalue weighted by molar-refractivity contribution is 5.20. The van der Waals surface area contributed by atoms with E-state index in [4.69, 9.17) is 0 Å². The van der Waals surface area contributed by atoms with Crippen molar-refractivity contribution in [2.75, 3.05) is 0 Å². The van der Waals surface area contributed by atoms with E-state index in [2.05, 4.69) is 0 Å². The van der Waals surface area contributed by atoms with Crippen LogP contribution in [0.25, 0.3) is 0 Å². The Labute approximate surface area is 85.0 Å². The Morgan fingerprint density at radius 3 is 1.93 bits per heavy atom. The average molecular weight is 220 g/mol. The van der Waals surface area contributed by atoms with Crippen LogP contribution in [0, 0.1) is 5.92 Å². The molecule has 0 bridgehead atoms. The van der Waals surface area contributed by atoms with Crippen molar-refractivity contribution in [1.82, 2.24) is 0 Å². The highest BCUT2D eigenvalue weighted by Gasteiger charge is 2.50. The third-order valence-corrected chi connectivity index (χ3v) is 2.29. The first-order chi connectivity index (χ1) is 6.76. The van der Waals surface area contributed by atoms with E-state index in [-0.39, 0.29) is 5.56 Å². The van der Waals surface area contributed by atoms with Crippen molar-refractivity contribution in [3.8, 4) is 0 Å². The standard InChI is InChI=1S/C10H11F3O2/c1-7(10(11,12)13)9(14,15)8-5-3-2-4-6-8/h2-7,14-15H,1H3. The Morgan fingerprint density at radius 1 is 1.07 bits per heavy atom. The molecule has 1 rings (SSSR count). The normalized spacial score (nSPS) is 15.1. The van der Waals surface area contributed by atoms with E-state index >= 15 is 0 Å². The summed E-state index contributed by atoms with van der Waals surface area (Å²) in [6.07, 6.45) is -4.65. The zero-order valence-corrected chi connectivity index (χ0v) is 7.99. The molecule has 0 amide bonds. The molecular formula is C10H11F3O2. The third-order valence-electron chi connectivity index (χ3n) is 2.29. The number of rotatable bonds is 2. The van der Waals surface area contributed by atoms with Crippen LogP contribution in [0.15, 0.2) is 30.3 Å². The molecule has 0 saturated heterocycles. The lowest BCUT2D eigenvalue weighted by molar-refractivity contribution is -0.295. The molecule has 0 saturated carbocycles. The van der Waals surface area contributed by atoms with Gasteiger partial charge in [0.05, 0.1) is 0 Å². The minimum atomic E-state index is -4.65. The molecular weight excluding hydrogens is 209 g/mol. The summed E-state index contributed by atoms with van der Waals surface area (Å²) in [6, 6.07) is 6.95. The zero-order valence-electron chi connectivity index (χ0n) is 7.99. The Balaban J connectivity index is 3.03. The summed E-state index contributed by atoms with van der Waals surface area (Å²) in [5.74, 6) is -5.13. The highest BCUT2D eigenvalue weighted by Crippen LogP contribution is 2.38. The van der Waals surface area contributed by atoms with Crippen molar-refractivity contribution >= 4 is 0 Å². The Bertz CT molecular complexity index is 319. The molecule has 1 aromatic carbocycles. The van der Waals surface area contributed by atoms with Crippen LogP contribution in [-0.4, -0.2) is 16.4 Å². The van der Waals surface area contributed by atoms with Gasteiger partial charge in [-0.25, -0.2) is 0 Å². The van der Waals surface area contributed by atoms with E-state index in [1.165, 1.54) is 24.3 Å². The quantitative estimate of drug-likeness (QED) is 0.748. The van der Waals surface area contributed by atoms with Crippen LogP contribution in [0.2, 0.25) is 0 Å². The highest BCUT2D eigenvalue weighted by atomic mass is 19.4. The molecule has 0 radical (unpaired) electrons. The van der Waals surface area contributed by atoms with Crippen LogP contribution >= 0.6 is 0 Å². The third kappa shape index (κ3) is 2.49. The van der Waals surface area contributed by atoms with Crippen LogP contribution in [0.5, 0.6) is 0 Å². The fourth-order valence-corrected chi connectivity index (χ4v) is 1.16. The number of hydrogen-bond acceptors (Lipinski definition) is 2. The summed E-state index contributed by atoms with van der Waals surface area (Å²) in [5.41, 5.74) is -0.171. The molecule has 0 aliphatic heterocycles. The maximum absolute atomic E-state index is 12.3. The van der Waals surface area contributed by atoms with Crippen molar-refractivity contribution in [1.29, 1.82) is 0 Å². The molecule has 1 aromatic rings. The molecule has 84 valence electrons. The van der Waals surface area contributed by atoms with Gasteiger partial charge >= 0.3 is 6.18 Å². The predicted molar refractivity (Wildman–Crippen MR) is 47.8 cm³/mol. The van der Waals surface area contributed by atoms with Gasteiger partial charge < -0.3 is 10.2 Å². The summed E-state index contributed by atoms with van der Waals surface area (Å²) in [7, 11) is 0. The maximum atomic E-state index is 12.3. The van der Waals surface area contributed by atoms with Crippen molar-refractivity contribution in [2.45, 2.75) is 18.9 Å². The molecule has 2 N–H and O–H groups in total. The molecule has 0 aromatic heterocycles. The topological polar surface area (TPSA) is 40.5 Å². The molecule has 0 spiro atoms. The van der Waals surface area contributed by atoms with Gasteiger partial charge in [0.2, 0.25) is 5.79 Å². The Morgan fingerprint density at radius 2 is 1.53 bits per heavy atom. The first-order valence-electron chi connectivity index (χ1n) is 4.33. The second kappa shape index (κ2) is 3.83. The van der Waals surface area contributed by atoms with Gasteiger partial charge in [-0.2, -0.15) is 13.2 Å². The lowest BCUT2D eigenvalue weighted by Crippen LogP contribution is -2.41. The zero-order chi connectivity index (χ0) is 11.7. The largest absolute Gasteiger partial charge is 0.397 e. The lowest BCUT2D eigenvalue weighted by Gasteiger charge is -2.30. The molecule has 15 heavy (non-hydrogen) atoms. The molecule has 1 unspecified atom stereocenters. The molecule has 0 aliphatic carbocycles. The molecule has 0 aliphatic rings. The van der Waals surface area contributed by atoms with Crippen molar-refractivity contribution in [3.05, 3.63) is 35.9 Å². The minimum Gasteiger partial charge on any atom is -0.361 e. The van der Waals surface area contributed by atoms with Gasteiger partial charge in [0, 0.05) is 5.56 Å². The fourth-order valence-electron chi connectivity index (χ4n) is 1.16. The van der Waals surface area contributed by atoms with Gasteiger partial charge in [0.25, 0.3) is 0 Å². The minimum absolute atomic E-state index is 0.171. The van der Waals surface area contributed by atoms with Crippen molar-refractivity contribution < 1.29 is 23.4 Å². The smallest absolute Gasteiger partial charge is 0.361 e. The summed E-state index contributed by atoms with van der Waals surface area (Å²) in [4.78, 5) is 0.